The fourth-order valence-electron chi connectivity index (χ4n) is 13.3. The molecule has 0 atom stereocenters. The molecule has 0 bridgehead atoms. The van der Waals surface area contributed by atoms with Crippen molar-refractivity contribution in [3.05, 3.63) is 268 Å². The molecular formula is C68H51N. The molecule has 0 amide bonds. The van der Waals surface area contributed by atoms with Crippen LogP contribution in [0.4, 0.5) is 17.1 Å². The van der Waals surface area contributed by atoms with Crippen LogP contribution < -0.4 is 4.90 Å². The molecule has 0 fully saturated rings. The Morgan fingerprint density at radius 3 is 1.25 bits per heavy atom. The minimum atomic E-state index is -0.397. The highest BCUT2D eigenvalue weighted by Crippen LogP contribution is 2.63. The third-order valence-electron chi connectivity index (χ3n) is 16.5. The predicted octanol–water partition coefficient (Wildman–Crippen LogP) is 17.8. The van der Waals surface area contributed by atoms with Crippen molar-refractivity contribution in [2.75, 3.05) is 4.90 Å². The van der Waals surface area contributed by atoms with Crippen LogP contribution in [0.3, 0.4) is 0 Å². The molecule has 1 spiro atoms. The monoisotopic (exact) mass is 881 g/mol. The van der Waals surface area contributed by atoms with Gasteiger partial charge in [-0.3, -0.25) is 0 Å². The van der Waals surface area contributed by atoms with Crippen molar-refractivity contribution >= 4 is 17.1 Å². The maximum atomic E-state index is 2.51. The maximum Gasteiger partial charge on any atom is 0.0725 e. The predicted molar refractivity (Wildman–Crippen MR) is 288 cm³/mol. The number of aryl methyl sites for hydroxylation is 1. The van der Waals surface area contributed by atoms with Gasteiger partial charge < -0.3 is 4.90 Å². The van der Waals surface area contributed by atoms with Gasteiger partial charge in [0, 0.05) is 27.9 Å². The van der Waals surface area contributed by atoms with E-state index in [1.807, 2.05) is 0 Å². The molecule has 0 saturated carbocycles. The van der Waals surface area contributed by atoms with Gasteiger partial charge in [-0.1, -0.05) is 198 Å². The summed E-state index contributed by atoms with van der Waals surface area (Å²) in [7, 11) is 0. The standard InChI is InChI=1S/C68H51N/c1-42-17-16-18-45(37-42)69(47-32-35-55-50-20-7-12-25-59(50)67(4,5)65(55)41-47)46-31-34-48(44-29-33-54-49-19-6-11-24-58(49)66(2,3)64(54)39-44)56(40-46)43-30-36-63-57(38-43)53-23-10-15-28-62(53)68(63)60-26-13-8-21-51(60)52-22-9-14-27-61(52)68/h6-41H,1-5H3. The van der Waals surface area contributed by atoms with Crippen molar-refractivity contribution in [2.24, 2.45) is 0 Å². The summed E-state index contributed by atoms with van der Waals surface area (Å²) in [6, 6.07) is 83.2. The molecule has 328 valence electrons. The lowest BCUT2D eigenvalue weighted by atomic mass is 9.70. The minimum Gasteiger partial charge on any atom is -0.310 e. The highest BCUT2D eigenvalue weighted by atomic mass is 15.1. The Hall–Kier alpha value is -8.00. The SMILES string of the molecule is Cc1cccc(N(c2ccc(-c3ccc4c(c3)C(C)(C)c3ccccc3-4)c(-c3ccc4c(c3)-c3ccccc3C43c4ccccc4-c4ccccc43)c2)c2ccc3c(c2)C(C)(C)c2ccccc2-3)c1. The molecule has 0 N–H and O–H groups in total. The van der Waals surface area contributed by atoms with E-state index in [4.69, 9.17) is 0 Å². The Morgan fingerprint density at radius 1 is 0.261 bits per heavy atom. The van der Waals surface area contributed by atoms with E-state index in [2.05, 4.69) is 258 Å². The van der Waals surface area contributed by atoms with Gasteiger partial charge in [0.05, 0.1) is 5.41 Å². The summed E-state index contributed by atoms with van der Waals surface area (Å²) < 4.78 is 0. The molecule has 69 heavy (non-hydrogen) atoms. The Balaban J connectivity index is 1.00. The largest absolute Gasteiger partial charge is 0.310 e. The lowest BCUT2D eigenvalue weighted by Gasteiger charge is -2.30. The van der Waals surface area contributed by atoms with E-state index in [1.54, 1.807) is 0 Å². The van der Waals surface area contributed by atoms with Gasteiger partial charge in [0.15, 0.2) is 0 Å². The topological polar surface area (TPSA) is 3.24 Å². The fraction of sp³-hybridized carbons (Fsp3) is 0.118. The molecule has 0 heterocycles. The summed E-state index contributed by atoms with van der Waals surface area (Å²) in [5.41, 5.74) is 30.4. The average Bonchev–Trinajstić information content (AvgIpc) is 4.01. The summed E-state index contributed by atoms with van der Waals surface area (Å²) in [4.78, 5) is 2.48. The Kier molecular flexibility index (Phi) is 8.29. The van der Waals surface area contributed by atoms with Crippen LogP contribution in [0.25, 0.3) is 66.8 Å². The normalized spacial score (nSPS) is 15.1. The quantitative estimate of drug-likeness (QED) is 0.166. The molecule has 1 nitrogen and oxygen atoms in total. The van der Waals surface area contributed by atoms with Crippen molar-refractivity contribution < 1.29 is 0 Å². The van der Waals surface area contributed by atoms with Crippen molar-refractivity contribution in [1.29, 1.82) is 0 Å². The molecule has 4 aliphatic rings. The molecule has 10 aromatic carbocycles. The summed E-state index contributed by atoms with van der Waals surface area (Å²) in [5.74, 6) is 0. The van der Waals surface area contributed by atoms with Gasteiger partial charge in [-0.25, -0.2) is 0 Å². The molecule has 14 rings (SSSR count). The highest BCUT2D eigenvalue weighted by molar-refractivity contribution is 5.98. The summed E-state index contributed by atoms with van der Waals surface area (Å²) in [6.45, 7) is 11.7. The van der Waals surface area contributed by atoms with Crippen LogP contribution in [0.15, 0.2) is 218 Å². The summed E-state index contributed by atoms with van der Waals surface area (Å²) in [6.07, 6.45) is 0. The van der Waals surface area contributed by atoms with E-state index in [0.717, 1.165) is 17.1 Å². The van der Waals surface area contributed by atoms with E-state index in [1.165, 1.54) is 117 Å². The fourth-order valence-corrected chi connectivity index (χ4v) is 13.3. The van der Waals surface area contributed by atoms with Gasteiger partial charge in [-0.05, 0) is 172 Å². The lowest BCUT2D eigenvalue weighted by molar-refractivity contribution is 0.660. The molecular weight excluding hydrogens is 831 g/mol. The Labute approximate surface area is 406 Å². The minimum absolute atomic E-state index is 0.121. The van der Waals surface area contributed by atoms with Crippen molar-refractivity contribution in [2.45, 2.75) is 50.9 Å². The van der Waals surface area contributed by atoms with Gasteiger partial charge in [-0.15, -0.1) is 0 Å². The van der Waals surface area contributed by atoms with E-state index in [0.29, 0.717) is 0 Å². The maximum absolute atomic E-state index is 2.51. The number of nitrogens with zero attached hydrogens (tertiary/aromatic N) is 1. The molecule has 4 aliphatic carbocycles. The summed E-state index contributed by atoms with van der Waals surface area (Å²) in [5, 5.41) is 0. The van der Waals surface area contributed by atoms with Gasteiger partial charge in [0.1, 0.15) is 0 Å². The zero-order valence-corrected chi connectivity index (χ0v) is 39.7. The van der Waals surface area contributed by atoms with Crippen molar-refractivity contribution in [1.82, 2.24) is 0 Å². The van der Waals surface area contributed by atoms with Gasteiger partial charge in [0.2, 0.25) is 0 Å². The molecule has 1 heteroatoms. The number of rotatable bonds is 5. The Bertz CT molecular complexity index is 3780. The third kappa shape index (κ3) is 5.42. The van der Waals surface area contributed by atoms with E-state index in [-0.39, 0.29) is 10.8 Å². The second kappa shape index (κ2) is 14.3. The van der Waals surface area contributed by atoms with Gasteiger partial charge >= 0.3 is 0 Å². The third-order valence-corrected chi connectivity index (χ3v) is 16.5. The molecule has 0 aromatic heterocycles. The van der Waals surface area contributed by atoms with Crippen molar-refractivity contribution in [3.63, 3.8) is 0 Å². The molecule has 0 aliphatic heterocycles. The molecule has 0 radical (unpaired) electrons. The lowest BCUT2D eigenvalue weighted by Crippen LogP contribution is -2.25. The van der Waals surface area contributed by atoms with Gasteiger partial charge in [0.25, 0.3) is 0 Å². The average molecular weight is 882 g/mol. The van der Waals surface area contributed by atoms with E-state index >= 15 is 0 Å². The van der Waals surface area contributed by atoms with Crippen LogP contribution in [-0.2, 0) is 16.2 Å². The molecule has 10 aromatic rings. The zero-order chi connectivity index (χ0) is 46.4. The first kappa shape index (κ1) is 40.1. The van der Waals surface area contributed by atoms with Crippen molar-refractivity contribution in [3.8, 4) is 66.8 Å². The van der Waals surface area contributed by atoms with E-state index < -0.39 is 5.41 Å². The van der Waals surface area contributed by atoms with E-state index in [9.17, 15) is 0 Å². The Morgan fingerprint density at radius 2 is 0.667 bits per heavy atom. The smallest absolute Gasteiger partial charge is 0.0725 e. The van der Waals surface area contributed by atoms with Crippen LogP contribution in [0.1, 0.15) is 77.8 Å². The van der Waals surface area contributed by atoms with Crippen LogP contribution >= 0.6 is 0 Å². The summed E-state index contributed by atoms with van der Waals surface area (Å²) >= 11 is 0. The molecule has 0 unspecified atom stereocenters. The number of hydrogen-bond acceptors (Lipinski definition) is 1. The first-order valence-electron chi connectivity index (χ1n) is 24.6. The van der Waals surface area contributed by atoms with Crippen LogP contribution in [0.5, 0.6) is 0 Å². The number of anilines is 3. The number of hydrogen-bond donors (Lipinski definition) is 0. The van der Waals surface area contributed by atoms with Crippen LogP contribution in [0, 0.1) is 6.92 Å². The van der Waals surface area contributed by atoms with Crippen LogP contribution in [0.2, 0.25) is 0 Å². The zero-order valence-electron chi connectivity index (χ0n) is 39.7. The van der Waals surface area contributed by atoms with Gasteiger partial charge in [-0.2, -0.15) is 0 Å². The second-order valence-electron chi connectivity index (χ2n) is 20.9. The first-order chi connectivity index (χ1) is 33.6. The number of fused-ring (bicyclic) bond motifs is 16. The second-order valence-corrected chi connectivity index (χ2v) is 20.9. The first-order valence-corrected chi connectivity index (χ1v) is 24.6. The molecule has 0 saturated heterocycles. The number of benzene rings is 10. The highest BCUT2D eigenvalue weighted by Gasteiger charge is 2.51. The van der Waals surface area contributed by atoms with Crippen LogP contribution in [-0.4, -0.2) is 0 Å².